The summed E-state index contributed by atoms with van der Waals surface area (Å²) >= 11 is 0. The van der Waals surface area contributed by atoms with E-state index in [0.717, 1.165) is 74.1 Å². The van der Waals surface area contributed by atoms with Crippen LogP contribution in [-0.4, -0.2) is 27.4 Å². The summed E-state index contributed by atoms with van der Waals surface area (Å²) in [5, 5.41) is 6.45. The highest BCUT2D eigenvalue weighted by atomic mass is 32.2. The fourth-order valence-corrected chi connectivity index (χ4v) is 5.95. The van der Waals surface area contributed by atoms with Crippen LogP contribution in [0, 0.1) is 5.82 Å². The van der Waals surface area contributed by atoms with Gasteiger partial charge >= 0.3 is 0 Å². The van der Waals surface area contributed by atoms with Crippen molar-refractivity contribution in [3.63, 3.8) is 0 Å². The summed E-state index contributed by atoms with van der Waals surface area (Å²) in [5.74, 6) is -0.209. The zero-order valence-electron chi connectivity index (χ0n) is 16.5. The van der Waals surface area contributed by atoms with E-state index in [1.807, 2.05) is 6.07 Å². The molecule has 0 aromatic heterocycles. The van der Waals surface area contributed by atoms with Crippen molar-refractivity contribution in [1.29, 1.82) is 0 Å². The molecule has 2 aliphatic heterocycles. The van der Waals surface area contributed by atoms with Crippen molar-refractivity contribution >= 4 is 27.3 Å². The average molecular weight is 430 g/mol. The number of fused-ring (bicyclic) bond motifs is 2. The molecule has 6 nitrogen and oxygen atoms in total. The number of carbonyl (C=O) groups excluding carboxylic acids is 1. The van der Waals surface area contributed by atoms with Crippen molar-refractivity contribution in [2.24, 2.45) is 0 Å². The zero-order chi connectivity index (χ0) is 20.9. The lowest BCUT2D eigenvalue weighted by Gasteiger charge is -2.36. The van der Waals surface area contributed by atoms with Gasteiger partial charge in [-0.05, 0) is 92.2 Å². The number of anilines is 2. The van der Waals surface area contributed by atoms with E-state index < -0.39 is 21.3 Å². The number of carbonyl (C=O) groups is 1. The van der Waals surface area contributed by atoms with Gasteiger partial charge in [-0.1, -0.05) is 6.42 Å². The molecule has 2 heterocycles. The van der Waals surface area contributed by atoms with Gasteiger partial charge in [-0.15, -0.1) is 0 Å². The molecule has 1 aliphatic carbocycles. The van der Waals surface area contributed by atoms with Crippen LogP contribution in [0.3, 0.4) is 0 Å². The van der Waals surface area contributed by atoms with Gasteiger partial charge in [-0.2, -0.15) is 0 Å². The molecule has 158 valence electrons. The molecule has 0 bridgehead atoms. The lowest BCUT2D eigenvalue weighted by atomic mass is 9.65. The van der Waals surface area contributed by atoms with E-state index in [0.29, 0.717) is 5.69 Å². The van der Waals surface area contributed by atoms with Gasteiger partial charge in [0.1, 0.15) is 5.82 Å². The van der Waals surface area contributed by atoms with Gasteiger partial charge in [-0.25, -0.2) is 12.8 Å². The van der Waals surface area contributed by atoms with E-state index in [4.69, 9.17) is 0 Å². The molecule has 1 spiro atoms. The van der Waals surface area contributed by atoms with Gasteiger partial charge in [0.05, 0.1) is 10.3 Å². The Kier molecular flexibility index (Phi) is 4.59. The number of benzene rings is 2. The largest absolute Gasteiger partial charge is 0.325 e. The molecule has 1 saturated heterocycles. The van der Waals surface area contributed by atoms with Crippen molar-refractivity contribution in [2.45, 2.75) is 48.3 Å². The van der Waals surface area contributed by atoms with Crippen LogP contribution in [0.4, 0.5) is 15.8 Å². The first kappa shape index (κ1) is 19.5. The quantitative estimate of drug-likeness (QED) is 0.695. The summed E-state index contributed by atoms with van der Waals surface area (Å²) in [6, 6.07) is 8.41. The molecule has 5 rings (SSSR count). The molecule has 3 aliphatic rings. The minimum Gasteiger partial charge on any atom is -0.325 e. The number of piperidine rings is 1. The summed E-state index contributed by atoms with van der Waals surface area (Å²) in [6.45, 7) is 1.79. The summed E-state index contributed by atoms with van der Waals surface area (Å²) in [5.41, 5.74) is 2.70. The molecule has 1 saturated carbocycles. The highest BCUT2D eigenvalue weighted by molar-refractivity contribution is 7.92. The van der Waals surface area contributed by atoms with Gasteiger partial charge in [0, 0.05) is 11.4 Å². The van der Waals surface area contributed by atoms with E-state index in [2.05, 4.69) is 15.4 Å². The Morgan fingerprint density at radius 3 is 2.40 bits per heavy atom. The van der Waals surface area contributed by atoms with Crippen LogP contribution in [-0.2, 0) is 20.2 Å². The lowest BCUT2D eigenvalue weighted by molar-refractivity contribution is -0.123. The first-order valence-electron chi connectivity index (χ1n) is 10.4. The third kappa shape index (κ3) is 3.09. The van der Waals surface area contributed by atoms with Gasteiger partial charge in [-0.3, -0.25) is 9.52 Å². The normalized spacial score (nSPS) is 20.5. The van der Waals surface area contributed by atoms with E-state index in [1.54, 1.807) is 6.07 Å². The molecule has 8 heteroatoms. The first-order valence-corrected chi connectivity index (χ1v) is 11.9. The van der Waals surface area contributed by atoms with Crippen LogP contribution in [0.15, 0.2) is 41.3 Å². The highest BCUT2D eigenvalue weighted by Crippen LogP contribution is 2.54. The van der Waals surface area contributed by atoms with Crippen LogP contribution in [0.25, 0.3) is 0 Å². The number of sulfonamides is 1. The van der Waals surface area contributed by atoms with Crippen molar-refractivity contribution in [3.05, 3.63) is 53.3 Å². The van der Waals surface area contributed by atoms with E-state index in [9.17, 15) is 17.6 Å². The minimum atomic E-state index is -3.87. The smallest absolute Gasteiger partial charge is 0.261 e. The molecule has 2 aromatic carbocycles. The molecule has 3 N–H and O–H groups in total. The van der Waals surface area contributed by atoms with Gasteiger partial charge < -0.3 is 10.6 Å². The second-order valence-corrected chi connectivity index (χ2v) is 10.1. The SMILES string of the molecule is O=C1Nc2c(C3CCNCC3)cc(NS(=O)(=O)c3ccc(F)cc3)cc2C12CCC2. The van der Waals surface area contributed by atoms with Crippen molar-refractivity contribution in [1.82, 2.24) is 5.32 Å². The number of rotatable bonds is 4. The number of amides is 1. The standard InChI is InChI=1S/C22H24FN3O3S/c23-15-2-4-17(5-3-15)30(28,29)26-16-12-18(14-6-10-24-11-7-14)20-19(13-16)22(8-1-9-22)21(27)25-20/h2-5,12-14,24,26H,1,6-11H2,(H,25,27). The fraction of sp³-hybridized carbons (Fsp3) is 0.409. The number of hydrogen-bond acceptors (Lipinski definition) is 4. The molecule has 1 amide bonds. The lowest BCUT2D eigenvalue weighted by Crippen LogP contribution is -2.40. The molecular weight excluding hydrogens is 405 g/mol. The predicted octanol–water partition coefficient (Wildman–Crippen LogP) is 3.47. The number of halogens is 1. The minimum absolute atomic E-state index is 0.000346. The van der Waals surface area contributed by atoms with Crippen molar-refractivity contribution < 1.29 is 17.6 Å². The Labute approximate surface area is 175 Å². The van der Waals surface area contributed by atoms with Gasteiger partial charge in [0.25, 0.3) is 10.0 Å². The number of nitrogens with one attached hydrogen (secondary N) is 3. The predicted molar refractivity (Wildman–Crippen MR) is 113 cm³/mol. The number of hydrogen-bond donors (Lipinski definition) is 3. The van der Waals surface area contributed by atoms with E-state index in [1.165, 1.54) is 12.1 Å². The Balaban J connectivity index is 1.57. The van der Waals surface area contributed by atoms with Crippen LogP contribution in [0.2, 0.25) is 0 Å². The molecular formula is C22H24FN3O3S. The third-order valence-electron chi connectivity index (χ3n) is 6.72. The maximum atomic E-state index is 13.2. The summed E-state index contributed by atoms with van der Waals surface area (Å²) in [7, 11) is -3.87. The Hall–Kier alpha value is -2.45. The Morgan fingerprint density at radius 1 is 1.07 bits per heavy atom. The topological polar surface area (TPSA) is 87.3 Å². The van der Waals surface area contributed by atoms with Crippen molar-refractivity contribution in [2.75, 3.05) is 23.1 Å². The molecule has 0 unspecified atom stereocenters. The maximum Gasteiger partial charge on any atom is 0.261 e. The van der Waals surface area contributed by atoms with Crippen LogP contribution < -0.4 is 15.4 Å². The Bertz CT molecular complexity index is 1110. The van der Waals surface area contributed by atoms with E-state index >= 15 is 0 Å². The van der Waals surface area contributed by atoms with Gasteiger partial charge in [0.15, 0.2) is 0 Å². The maximum absolute atomic E-state index is 13.2. The van der Waals surface area contributed by atoms with Crippen molar-refractivity contribution in [3.8, 4) is 0 Å². The van der Waals surface area contributed by atoms with Crippen LogP contribution in [0.1, 0.15) is 49.1 Å². The van der Waals surface area contributed by atoms with Gasteiger partial charge in [0.2, 0.25) is 5.91 Å². The molecule has 2 fully saturated rings. The molecule has 0 radical (unpaired) electrons. The van der Waals surface area contributed by atoms with Crippen LogP contribution in [0.5, 0.6) is 0 Å². The summed E-state index contributed by atoms with van der Waals surface area (Å²) in [4.78, 5) is 12.8. The summed E-state index contributed by atoms with van der Waals surface area (Å²) < 4.78 is 41.6. The average Bonchev–Trinajstić information content (AvgIpc) is 3.00. The second kappa shape index (κ2) is 7.06. The highest BCUT2D eigenvalue weighted by Gasteiger charge is 2.52. The summed E-state index contributed by atoms with van der Waals surface area (Å²) in [6.07, 6.45) is 4.42. The van der Waals surface area contributed by atoms with Crippen LogP contribution >= 0.6 is 0 Å². The molecule has 30 heavy (non-hydrogen) atoms. The first-order chi connectivity index (χ1) is 14.4. The fourth-order valence-electron chi connectivity index (χ4n) is 4.91. The molecule has 0 atom stereocenters. The zero-order valence-corrected chi connectivity index (χ0v) is 17.3. The second-order valence-electron chi connectivity index (χ2n) is 8.46. The van der Waals surface area contributed by atoms with E-state index in [-0.39, 0.29) is 16.7 Å². The molecule has 2 aromatic rings. The monoisotopic (exact) mass is 429 g/mol. The third-order valence-corrected chi connectivity index (χ3v) is 8.12. The Morgan fingerprint density at radius 2 is 1.77 bits per heavy atom.